The molecule has 5 nitrogen and oxygen atoms in total. The van der Waals surface area contributed by atoms with Gasteiger partial charge < -0.3 is 4.74 Å². The Morgan fingerprint density at radius 2 is 1.89 bits per heavy atom. The molecule has 6 heteroatoms. The summed E-state index contributed by atoms with van der Waals surface area (Å²) in [5.41, 5.74) is 0. The Morgan fingerprint density at radius 1 is 1.33 bits per heavy atom. The normalized spacial score (nSPS) is 19.6. The van der Waals surface area contributed by atoms with Crippen LogP contribution in [0.25, 0.3) is 0 Å². The van der Waals surface area contributed by atoms with Crippen LogP contribution in [0.2, 0.25) is 0 Å². The topological polar surface area (TPSA) is 63.7 Å². The molecule has 0 unspecified atom stereocenters. The molecule has 0 aromatic heterocycles. The molecular weight excluding hydrogens is 254 g/mol. The van der Waals surface area contributed by atoms with Crippen molar-refractivity contribution in [2.24, 2.45) is 5.92 Å². The van der Waals surface area contributed by atoms with E-state index in [4.69, 9.17) is 4.74 Å². The van der Waals surface area contributed by atoms with E-state index >= 15 is 0 Å². The van der Waals surface area contributed by atoms with Crippen molar-refractivity contribution in [3.8, 4) is 0 Å². The SMILES string of the molecule is CC(C)OC(=O)C=CC1CCN(S(C)(=O)=O)CC1. The van der Waals surface area contributed by atoms with Gasteiger partial charge in [0.1, 0.15) is 0 Å². The quantitative estimate of drug-likeness (QED) is 0.570. The molecule has 1 heterocycles. The molecule has 1 saturated heterocycles. The first-order chi connectivity index (χ1) is 8.29. The maximum absolute atomic E-state index is 11.3. The van der Waals surface area contributed by atoms with Gasteiger partial charge in [-0.3, -0.25) is 0 Å². The van der Waals surface area contributed by atoms with Crippen LogP contribution in [0.15, 0.2) is 12.2 Å². The lowest BCUT2D eigenvalue weighted by atomic mass is 9.98. The number of carbonyl (C=O) groups is 1. The Hall–Kier alpha value is -0.880. The lowest BCUT2D eigenvalue weighted by Gasteiger charge is -2.28. The number of esters is 1. The first kappa shape index (κ1) is 15.2. The molecule has 1 aliphatic rings. The van der Waals surface area contributed by atoms with Crippen LogP contribution in [0.3, 0.4) is 0 Å². The van der Waals surface area contributed by atoms with Crippen molar-refractivity contribution in [2.75, 3.05) is 19.3 Å². The van der Waals surface area contributed by atoms with Gasteiger partial charge in [0.05, 0.1) is 12.4 Å². The van der Waals surface area contributed by atoms with Gasteiger partial charge in [-0.2, -0.15) is 0 Å². The lowest BCUT2D eigenvalue weighted by molar-refractivity contribution is -0.141. The van der Waals surface area contributed by atoms with Crippen molar-refractivity contribution >= 4 is 16.0 Å². The fourth-order valence-corrected chi connectivity index (χ4v) is 2.76. The molecule has 0 spiro atoms. The van der Waals surface area contributed by atoms with Crippen LogP contribution in [0.4, 0.5) is 0 Å². The molecule has 0 radical (unpaired) electrons. The van der Waals surface area contributed by atoms with Crippen molar-refractivity contribution in [1.82, 2.24) is 4.31 Å². The van der Waals surface area contributed by atoms with Crippen LogP contribution in [0, 0.1) is 5.92 Å². The second-order valence-electron chi connectivity index (χ2n) is 4.84. The summed E-state index contributed by atoms with van der Waals surface area (Å²) in [6.45, 7) is 4.65. The average Bonchev–Trinajstić information content (AvgIpc) is 2.25. The summed E-state index contributed by atoms with van der Waals surface area (Å²) >= 11 is 0. The molecule has 0 N–H and O–H groups in total. The van der Waals surface area contributed by atoms with Crippen molar-refractivity contribution < 1.29 is 17.9 Å². The minimum Gasteiger partial charge on any atom is -0.460 e. The highest BCUT2D eigenvalue weighted by Gasteiger charge is 2.23. The summed E-state index contributed by atoms with van der Waals surface area (Å²) in [5, 5.41) is 0. The Kier molecular flexibility index (Phi) is 5.34. The molecule has 0 aromatic carbocycles. The third-order valence-electron chi connectivity index (χ3n) is 2.82. The number of allylic oxidation sites excluding steroid dienone is 1. The number of nitrogens with zero attached hydrogens (tertiary/aromatic N) is 1. The largest absolute Gasteiger partial charge is 0.460 e. The predicted molar refractivity (Wildman–Crippen MR) is 69.5 cm³/mol. The van der Waals surface area contributed by atoms with Gasteiger partial charge in [0.15, 0.2) is 0 Å². The van der Waals surface area contributed by atoms with Crippen LogP contribution in [0.1, 0.15) is 26.7 Å². The van der Waals surface area contributed by atoms with E-state index < -0.39 is 10.0 Å². The molecule has 1 aliphatic heterocycles. The fourth-order valence-electron chi connectivity index (χ4n) is 1.89. The van der Waals surface area contributed by atoms with Gasteiger partial charge >= 0.3 is 5.97 Å². The molecule has 0 bridgehead atoms. The summed E-state index contributed by atoms with van der Waals surface area (Å²) in [7, 11) is -3.08. The molecular formula is C12H21NO4S. The minimum absolute atomic E-state index is 0.116. The summed E-state index contributed by atoms with van der Waals surface area (Å²) in [6, 6.07) is 0. The summed E-state index contributed by atoms with van der Waals surface area (Å²) in [5.74, 6) is -0.0849. The Balaban J connectivity index is 2.40. The van der Waals surface area contributed by atoms with E-state index in [1.807, 2.05) is 6.08 Å². The van der Waals surface area contributed by atoms with Crippen molar-refractivity contribution in [3.63, 3.8) is 0 Å². The first-order valence-corrected chi connectivity index (χ1v) is 7.98. The fraction of sp³-hybridized carbons (Fsp3) is 0.750. The predicted octanol–water partition coefficient (Wildman–Crippen LogP) is 1.17. The molecule has 0 aliphatic carbocycles. The molecule has 18 heavy (non-hydrogen) atoms. The monoisotopic (exact) mass is 275 g/mol. The molecule has 1 rings (SSSR count). The number of hydrogen-bond acceptors (Lipinski definition) is 4. The van der Waals surface area contributed by atoms with Gasteiger partial charge in [0, 0.05) is 19.2 Å². The molecule has 0 saturated carbocycles. The van der Waals surface area contributed by atoms with E-state index in [1.165, 1.54) is 16.6 Å². The standard InChI is InChI=1S/C12H21NO4S/c1-10(2)17-12(14)5-4-11-6-8-13(9-7-11)18(3,15)16/h4-5,10-11H,6-9H2,1-3H3. The third kappa shape index (κ3) is 5.18. The van der Waals surface area contributed by atoms with Crippen molar-refractivity contribution in [3.05, 3.63) is 12.2 Å². The molecule has 104 valence electrons. The zero-order valence-electron chi connectivity index (χ0n) is 11.1. The second-order valence-corrected chi connectivity index (χ2v) is 6.83. The minimum atomic E-state index is -3.08. The van der Waals surface area contributed by atoms with Gasteiger partial charge in [-0.05, 0) is 32.6 Å². The van der Waals surface area contributed by atoms with Gasteiger partial charge in [-0.1, -0.05) is 6.08 Å². The van der Waals surface area contributed by atoms with Gasteiger partial charge in [-0.15, -0.1) is 0 Å². The number of hydrogen-bond donors (Lipinski definition) is 0. The highest BCUT2D eigenvalue weighted by atomic mass is 32.2. The first-order valence-electron chi connectivity index (χ1n) is 6.13. The molecule has 1 fully saturated rings. The van der Waals surface area contributed by atoms with E-state index in [9.17, 15) is 13.2 Å². The van der Waals surface area contributed by atoms with Crippen LogP contribution in [0.5, 0.6) is 0 Å². The second kappa shape index (κ2) is 6.33. The number of carbonyl (C=O) groups excluding carboxylic acids is 1. The third-order valence-corrected chi connectivity index (χ3v) is 4.13. The lowest BCUT2D eigenvalue weighted by Crippen LogP contribution is -2.37. The summed E-state index contributed by atoms with van der Waals surface area (Å²) in [4.78, 5) is 11.3. The highest BCUT2D eigenvalue weighted by Crippen LogP contribution is 2.20. The van der Waals surface area contributed by atoms with Crippen molar-refractivity contribution in [2.45, 2.75) is 32.8 Å². The van der Waals surface area contributed by atoms with Crippen LogP contribution >= 0.6 is 0 Å². The Bertz CT molecular complexity index is 406. The summed E-state index contributed by atoms with van der Waals surface area (Å²) < 4.78 is 29.1. The molecule has 0 amide bonds. The van der Waals surface area contributed by atoms with E-state index in [1.54, 1.807) is 13.8 Å². The van der Waals surface area contributed by atoms with Gasteiger partial charge in [-0.25, -0.2) is 17.5 Å². The molecule has 0 atom stereocenters. The zero-order chi connectivity index (χ0) is 13.8. The average molecular weight is 275 g/mol. The maximum Gasteiger partial charge on any atom is 0.330 e. The van der Waals surface area contributed by atoms with Gasteiger partial charge in [0.25, 0.3) is 0 Å². The number of piperidine rings is 1. The maximum atomic E-state index is 11.3. The Labute approximate surface area is 109 Å². The number of sulfonamides is 1. The van der Waals surface area contributed by atoms with Crippen molar-refractivity contribution in [1.29, 1.82) is 0 Å². The molecule has 0 aromatic rings. The van der Waals surface area contributed by atoms with E-state index in [0.29, 0.717) is 13.1 Å². The smallest absolute Gasteiger partial charge is 0.330 e. The Morgan fingerprint density at radius 3 is 2.33 bits per heavy atom. The zero-order valence-corrected chi connectivity index (χ0v) is 11.9. The summed E-state index contributed by atoms with van der Waals surface area (Å²) in [6.07, 6.45) is 5.87. The van der Waals surface area contributed by atoms with E-state index in [0.717, 1.165) is 12.8 Å². The van der Waals surface area contributed by atoms with Crippen LogP contribution in [-0.2, 0) is 19.6 Å². The van der Waals surface area contributed by atoms with Gasteiger partial charge in [0.2, 0.25) is 10.0 Å². The van der Waals surface area contributed by atoms with Crippen LogP contribution in [-0.4, -0.2) is 44.1 Å². The number of rotatable bonds is 4. The van der Waals surface area contributed by atoms with E-state index in [2.05, 4.69) is 0 Å². The van der Waals surface area contributed by atoms with E-state index in [-0.39, 0.29) is 18.0 Å². The highest BCUT2D eigenvalue weighted by molar-refractivity contribution is 7.88. The van der Waals surface area contributed by atoms with Crippen LogP contribution < -0.4 is 0 Å². The number of ether oxygens (including phenoxy) is 1.